The first-order valence-electron chi connectivity index (χ1n) is 10.7. The van der Waals surface area contributed by atoms with Crippen LogP contribution >= 0.6 is 0 Å². The topological polar surface area (TPSA) is 114 Å². The lowest BCUT2D eigenvalue weighted by atomic mass is 10.2. The second-order valence-electron chi connectivity index (χ2n) is 8.14. The van der Waals surface area contributed by atoms with Gasteiger partial charge in [0.05, 0.1) is 11.4 Å². The zero-order chi connectivity index (χ0) is 24.5. The average Bonchev–Trinajstić information content (AvgIpc) is 3.02. The largest absolute Gasteiger partial charge is 0.340 e. The third-order valence-electron chi connectivity index (χ3n) is 5.28. The van der Waals surface area contributed by atoms with Crippen molar-refractivity contribution in [1.29, 1.82) is 0 Å². The molecule has 0 saturated carbocycles. The van der Waals surface area contributed by atoms with E-state index in [1.54, 1.807) is 49.8 Å². The lowest BCUT2D eigenvalue weighted by molar-refractivity contribution is 0.599. The minimum absolute atomic E-state index is 0.197. The predicted molar refractivity (Wildman–Crippen MR) is 134 cm³/mol. The zero-order valence-corrected chi connectivity index (χ0v) is 20.5. The molecule has 0 amide bonds. The molecule has 2 aromatic carbocycles. The molecular weight excluding hydrogens is 450 g/mol. The van der Waals surface area contributed by atoms with Gasteiger partial charge in [0.2, 0.25) is 5.95 Å². The highest BCUT2D eigenvalue weighted by Gasteiger charge is 2.23. The number of anilines is 5. The van der Waals surface area contributed by atoms with E-state index in [1.165, 1.54) is 5.56 Å². The Kier molecular flexibility index (Phi) is 6.25. The molecule has 2 heterocycles. The number of hydrogen-bond acceptors (Lipinski definition) is 7. The quantitative estimate of drug-likeness (QED) is 0.352. The number of rotatable bonds is 7. The normalized spacial score (nSPS) is 11.3. The van der Waals surface area contributed by atoms with Gasteiger partial charge in [-0.15, -0.1) is 0 Å². The summed E-state index contributed by atoms with van der Waals surface area (Å²) in [7, 11) is -2.03. The van der Waals surface area contributed by atoms with Gasteiger partial charge >= 0.3 is 0 Å². The number of sulfonamides is 1. The fourth-order valence-corrected chi connectivity index (χ4v) is 5.07. The fraction of sp³-hybridized carbons (Fsp3) is 0.208. The highest BCUT2D eigenvalue weighted by atomic mass is 32.2. The van der Waals surface area contributed by atoms with Crippen LogP contribution in [0.5, 0.6) is 0 Å². The van der Waals surface area contributed by atoms with Crippen molar-refractivity contribution in [2.75, 3.05) is 15.4 Å². The zero-order valence-electron chi connectivity index (χ0n) is 19.7. The van der Waals surface area contributed by atoms with Gasteiger partial charge in [-0.05, 0) is 64.1 Å². The Morgan fingerprint density at radius 2 is 1.38 bits per heavy atom. The summed E-state index contributed by atoms with van der Waals surface area (Å²) < 4.78 is 29.9. The first-order valence-corrected chi connectivity index (χ1v) is 12.2. The standard InChI is InChI=1S/C24H27N7O2S/c1-15-6-8-20(9-7-15)27-24-25-16(2)14-22(28-24)26-19-10-12-21(13-11-19)30-34(32,33)23-17(3)29-31(5)18(23)4/h6-14,30H,1-5H3,(H2,25,26,27,28). The number of benzene rings is 2. The molecule has 0 atom stereocenters. The van der Waals surface area contributed by atoms with Crippen molar-refractivity contribution in [2.45, 2.75) is 32.6 Å². The molecule has 3 N–H and O–H groups in total. The summed E-state index contributed by atoms with van der Waals surface area (Å²) in [5, 5.41) is 10.6. The smallest absolute Gasteiger partial charge is 0.265 e. The molecule has 0 fully saturated rings. The lowest BCUT2D eigenvalue weighted by Gasteiger charge is -2.12. The van der Waals surface area contributed by atoms with Crippen molar-refractivity contribution in [2.24, 2.45) is 7.05 Å². The Balaban J connectivity index is 1.48. The monoisotopic (exact) mass is 477 g/mol. The maximum absolute atomic E-state index is 12.9. The molecule has 0 spiro atoms. The minimum Gasteiger partial charge on any atom is -0.340 e. The molecule has 9 nitrogen and oxygen atoms in total. The van der Waals surface area contributed by atoms with E-state index in [1.807, 2.05) is 44.2 Å². The van der Waals surface area contributed by atoms with Crippen molar-refractivity contribution in [3.05, 3.63) is 77.2 Å². The van der Waals surface area contributed by atoms with Crippen LogP contribution in [-0.4, -0.2) is 28.2 Å². The van der Waals surface area contributed by atoms with E-state index in [-0.39, 0.29) is 4.90 Å². The Hall–Kier alpha value is -3.92. The second kappa shape index (κ2) is 9.14. The van der Waals surface area contributed by atoms with Crippen molar-refractivity contribution in [3.63, 3.8) is 0 Å². The summed E-state index contributed by atoms with van der Waals surface area (Å²) in [6, 6.07) is 16.8. The summed E-state index contributed by atoms with van der Waals surface area (Å²) in [6.45, 7) is 7.34. The van der Waals surface area contributed by atoms with Gasteiger partial charge in [-0.25, -0.2) is 13.4 Å². The Labute approximate surface area is 199 Å². The van der Waals surface area contributed by atoms with Gasteiger partial charge in [0, 0.05) is 35.9 Å². The molecule has 4 aromatic rings. The summed E-state index contributed by atoms with van der Waals surface area (Å²) in [4.78, 5) is 9.18. The van der Waals surface area contributed by atoms with E-state index in [9.17, 15) is 8.42 Å². The minimum atomic E-state index is -3.75. The van der Waals surface area contributed by atoms with Crippen molar-refractivity contribution in [1.82, 2.24) is 19.7 Å². The SMILES string of the molecule is Cc1ccc(Nc2nc(C)cc(Nc3ccc(NS(=O)(=O)c4c(C)nn(C)c4C)cc3)n2)cc1. The predicted octanol–water partition coefficient (Wildman–Crippen LogP) is 4.73. The fourth-order valence-electron chi connectivity index (χ4n) is 3.57. The van der Waals surface area contributed by atoms with Crippen molar-refractivity contribution >= 4 is 38.9 Å². The van der Waals surface area contributed by atoms with Crippen LogP contribution in [0.3, 0.4) is 0 Å². The third kappa shape index (κ3) is 5.18. The summed E-state index contributed by atoms with van der Waals surface area (Å²) >= 11 is 0. The summed E-state index contributed by atoms with van der Waals surface area (Å²) in [5.74, 6) is 1.11. The number of aromatic nitrogens is 4. The van der Waals surface area contributed by atoms with Crippen LogP contribution in [0.1, 0.15) is 22.6 Å². The van der Waals surface area contributed by atoms with Crippen LogP contribution < -0.4 is 15.4 Å². The van der Waals surface area contributed by atoms with Crippen LogP contribution in [-0.2, 0) is 17.1 Å². The highest BCUT2D eigenvalue weighted by molar-refractivity contribution is 7.92. The van der Waals surface area contributed by atoms with Gasteiger partial charge in [-0.2, -0.15) is 10.1 Å². The van der Waals surface area contributed by atoms with E-state index >= 15 is 0 Å². The molecule has 0 aliphatic rings. The molecule has 34 heavy (non-hydrogen) atoms. The van der Waals surface area contributed by atoms with E-state index in [2.05, 4.69) is 30.4 Å². The first-order chi connectivity index (χ1) is 16.1. The maximum Gasteiger partial charge on any atom is 0.265 e. The lowest BCUT2D eigenvalue weighted by Crippen LogP contribution is -2.14. The van der Waals surface area contributed by atoms with E-state index in [0.29, 0.717) is 28.8 Å². The summed E-state index contributed by atoms with van der Waals surface area (Å²) in [5.41, 5.74) is 5.13. The van der Waals surface area contributed by atoms with E-state index < -0.39 is 10.0 Å². The number of aryl methyl sites for hydroxylation is 4. The van der Waals surface area contributed by atoms with Gasteiger partial charge in [-0.1, -0.05) is 17.7 Å². The molecule has 10 heteroatoms. The molecule has 176 valence electrons. The van der Waals surface area contributed by atoms with Gasteiger partial charge < -0.3 is 10.6 Å². The molecular formula is C24H27N7O2S. The van der Waals surface area contributed by atoms with Crippen molar-refractivity contribution < 1.29 is 8.42 Å². The maximum atomic E-state index is 12.9. The number of hydrogen-bond donors (Lipinski definition) is 3. The van der Waals surface area contributed by atoms with E-state index in [0.717, 1.165) is 17.1 Å². The van der Waals surface area contributed by atoms with Crippen LogP contribution in [0.25, 0.3) is 0 Å². The third-order valence-corrected chi connectivity index (χ3v) is 6.92. The Morgan fingerprint density at radius 1 is 0.794 bits per heavy atom. The number of nitrogens with zero attached hydrogens (tertiary/aromatic N) is 4. The average molecular weight is 478 g/mol. The number of nitrogens with one attached hydrogen (secondary N) is 3. The second-order valence-corrected chi connectivity index (χ2v) is 9.76. The van der Waals surface area contributed by atoms with Gasteiger partial charge in [0.1, 0.15) is 10.7 Å². The molecule has 4 rings (SSSR count). The molecule has 0 aliphatic carbocycles. The van der Waals surface area contributed by atoms with Crippen LogP contribution in [0.15, 0.2) is 59.5 Å². The van der Waals surface area contributed by atoms with E-state index in [4.69, 9.17) is 0 Å². The van der Waals surface area contributed by atoms with Crippen molar-refractivity contribution in [3.8, 4) is 0 Å². The van der Waals surface area contributed by atoms with Crippen LogP contribution in [0.4, 0.5) is 28.8 Å². The molecule has 0 aliphatic heterocycles. The Bertz CT molecular complexity index is 1430. The Morgan fingerprint density at radius 3 is 2.00 bits per heavy atom. The molecule has 0 unspecified atom stereocenters. The van der Waals surface area contributed by atoms with Gasteiger partial charge in [0.25, 0.3) is 10.0 Å². The molecule has 0 saturated heterocycles. The summed E-state index contributed by atoms with van der Waals surface area (Å²) in [6.07, 6.45) is 0. The van der Waals surface area contributed by atoms with Crippen LogP contribution in [0.2, 0.25) is 0 Å². The highest BCUT2D eigenvalue weighted by Crippen LogP contribution is 2.24. The van der Waals surface area contributed by atoms with Gasteiger partial charge in [-0.3, -0.25) is 9.40 Å². The first kappa shape index (κ1) is 23.2. The molecule has 2 aromatic heterocycles. The van der Waals surface area contributed by atoms with Gasteiger partial charge in [0.15, 0.2) is 0 Å². The van der Waals surface area contributed by atoms with Crippen LogP contribution in [0, 0.1) is 27.7 Å². The molecule has 0 radical (unpaired) electrons. The molecule has 0 bridgehead atoms.